The molecule has 1 aliphatic rings. The van der Waals surface area contributed by atoms with E-state index in [4.69, 9.17) is 9.47 Å². The molecule has 0 bridgehead atoms. The van der Waals surface area contributed by atoms with Gasteiger partial charge in [0.1, 0.15) is 12.7 Å². The Morgan fingerprint density at radius 2 is 2.18 bits per heavy atom. The van der Waals surface area contributed by atoms with Crippen molar-refractivity contribution in [3.63, 3.8) is 0 Å². The van der Waals surface area contributed by atoms with Gasteiger partial charge in [-0.25, -0.2) is 8.42 Å². The molecule has 0 aliphatic carbocycles. The molecule has 0 amide bonds. The van der Waals surface area contributed by atoms with Crippen LogP contribution in [0.1, 0.15) is 0 Å². The van der Waals surface area contributed by atoms with Gasteiger partial charge in [-0.1, -0.05) is 0 Å². The monoisotopic (exact) mass is 257 g/mol. The van der Waals surface area contributed by atoms with Crippen molar-refractivity contribution in [3.8, 4) is 11.5 Å². The first-order chi connectivity index (χ1) is 8.00. The summed E-state index contributed by atoms with van der Waals surface area (Å²) in [5.74, 6) is 1.07. The minimum atomic E-state index is -3.22. The maximum atomic E-state index is 11.4. The van der Waals surface area contributed by atoms with Crippen LogP contribution in [0.25, 0.3) is 0 Å². The highest BCUT2D eigenvalue weighted by Gasteiger charge is 2.22. The average Bonchev–Trinajstić information content (AvgIpc) is 2.27. The van der Waals surface area contributed by atoms with Crippen molar-refractivity contribution in [1.29, 1.82) is 0 Å². The fourth-order valence-corrected chi connectivity index (χ4v) is 2.29. The minimum absolute atomic E-state index is 0.0951. The number of sulfone groups is 1. The number of likely N-dealkylation sites (N-methyl/N-ethyl adjacent to an activating group) is 1. The summed E-state index contributed by atoms with van der Waals surface area (Å²) in [4.78, 5) is 0.241. The lowest BCUT2D eigenvalue weighted by atomic mass is 10.2. The van der Waals surface area contributed by atoms with E-state index < -0.39 is 9.84 Å². The molecule has 2 rings (SSSR count). The number of nitrogens with one attached hydrogen (secondary N) is 1. The Bertz CT molecular complexity index is 512. The number of hydrogen-bond donors (Lipinski definition) is 1. The van der Waals surface area contributed by atoms with Crippen LogP contribution in [0.4, 0.5) is 0 Å². The lowest BCUT2D eigenvalue weighted by Crippen LogP contribution is -2.37. The molecule has 0 saturated carbocycles. The van der Waals surface area contributed by atoms with Crippen LogP contribution in [-0.4, -0.2) is 41.0 Å². The van der Waals surface area contributed by atoms with Gasteiger partial charge in [-0.15, -0.1) is 0 Å². The molecule has 0 aromatic heterocycles. The zero-order valence-electron chi connectivity index (χ0n) is 9.76. The molecule has 5 nitrogen and oxygen atoms in total. The second-order valence-corrected chi connectivity index (χ2v) is 6.00. The predicted octanol–water partition coefficient (Wildman–Crippen LogP) is 0.449. The highest BCUT2D eigenvalue weighted by Crippen LogP contribution is 2.33. The van der Waals surface area contributed by atoms with Crippen molar-refractivity contribution in [1.82, 2.24) is 5.32 Å². The smallest absolute Gasteiger partial charge is 0.175 e. The van der Waals surface area contributed by atoms with Crippen molar-refractivity contribution >= 4 is 9.84 Å². The van der Waals surface area contributed by atoms with Gasteiger partial charge >= 0.3 is 0 Å². The maximum absolute atomic E-state index is 11.4. The van der Waals surface area contributed by atoms with E-state index in [9.17, 15) is 8.42 Å². The third kappa shape index (κ3) is 2.70. The number of fused-ring (bicyclic) bond motifs is 1. The first-order valence-electron chi connectivity index (χ1n) is 5.29. The zero-order chi connectivity index (χ0) is 12.5. The van der Waals surface area contributed by atoms with Gasteiger partial charge < -0.3 is 14.8 Å². The molecule has 1 aromatic rings. The van der Waals surface area contributed by atoms with Crippen LogP contribution in [0.2, 0.25) is 0 Å². The van der Waals surface area contributed by atoms with Gasteiger partial charge in [0, 0.05) is 18.9 Å². The number of ether oxygens (including phenoxy) is 2. The van der Waals surface area contributed by atoms with Gasteiger partial charge in [-0.05, 0) is 19.2 Å². The van der Waals surface area contributed by atoms with E-state index in [1.807, 2.05) is 7.05 Å². The molecule has 0 spiro atoms. The van der Waals surface area contributed by atoms with Crippen LogP contribution in [0, 0.1) is 0 Å². The van der Waals surface area contributed by atoms with Gasteiger partial charge in [-0.3, -0.25) is 0 Å². The lowest BCUT2D eigenvalue weighted by Gasteiger charge is -2.26. The number of hydrogen-bond acceptors (Lipinski definition) is 5. The Morgan fingerprint density at radius 3 is 2.82 bits per heavy atom. The summed E-state index contributed by atoms with van der Waals surface area (Å²) in [6, 6.07) is 4.66. The quantitative estimate of drug-likeness (QED) is 0.851. The first kappa shape index (κ1) is 12.2. The van der Waals surface area contributed by atoms with Crippen molar-refractivity contribution < 1.29 is 17.9 Å². The average molecular weight is 257 g/mol. The highest BCUT2D eigenvalue weighted by molar-refractivity contribution is 7.90. The highest BCUT2D eigenvalue weighted by atomic mass is 32.2. The zero-order valence-corrected chi connectivity index (χ0v) is 10.6. The molecule has 0 fully saturated rings. The van der Waals surface area contributed by atoms with E-state index in [-0.39, 0.29) is 11.0 Å². The maximum Gasteiger partial charge on any atom is 0.175 e. The van der Waals surface area contributed by atoms with E-state index >= 15 is 0 Å². The van der Waals surface area contributed by atoms with Crippen molar-refractivity contribution in [2.45, 2.75) is 11.0 Å². The summed E-state index contributed by atoms with van der Waals surface area (Å²) in [7, 11) is -1.39. The largest absolute Gasteiger partial charge is 0.486 e. The van der Waals surface area contributed by atoms with Crippen molar-refractivity contribution in [3.05, 3.63) is 18.2 Å². The van der Waals surface area contributed by atoms with E-state index in [1.54, 1.807) is 6.07 Å². The molecule has 1 N–H and O–H groups in total. The second kappa shape index (κ2) is 4.54. The van der Waals surface area contributed by atoms with Gasteiger partial charge in [0.05, 0.1) is 4.90 Å². The topological polar surface area (TPSA) is 64.6 Å². The molecule has 1 heterocycles. The van der Waals surface area contributed by atoms with Crippen LogP contribution in [0.15, 0.2) is 23.1 Å². The molecular weight excluding hydrogens is 242 g/mol. The fraction of sp³-hybridized carbons (Fsp3) is 0.455. The van der Waals surface area contributed by atoms with Gasteiger partial charge in [0.2, 0.25) is 0 Å². The summed E-state index contributed by atoms with van der Waals surface area (Å²) >= 11 is 0. The van der Waals surface area contributed by atoms with E-state index in [0.717, 1.165) is 0 Å². The third-order valence-corrected chi connectivity index (χ3v) is 3.60. The number of rotatable bonds is 3. The molecule has 1 aliphatic heterocycles. The van der Waals surface area contributed by atoms with Crippen LogP contribution >= 0.6 is 0 Å². The summed E-state index contributed by atoms with van der Waals surface area (Å²) in [5.41, 5.74) is 0. The van der Waals surface area contributed by atoms with Crippen molar-refractivity contribution in [2.24, 2.45) is 0 Å². The van der Waals surface area contributed by atoms with Crippen LogP contribution in [0.3, 0.4) is 0 Å². The van der Waals surface area contributed by atoms with E-state index in [2.05, 4.69) is 5.32 Å². The molecule has 1 unspecified atom stereocenters. The van der Waals surface area contributed by atoms with Gasteiger partial charge in [0.15, 0.2) is 21.3 Å². The molecule has 1 atom stereocenters. The molecule has 0 saturated heterocycles. The number of benzene rings is 1. The fourth-order valence-electron chi connectivity index (χ4n) is 1.65. The third-order valence-electron chi connectivity index (χ3n) is 2.49. The predicted molar refractivity (Wildman–Crippen MR) is 63.4 cm³/mol. The normalized spacial score (nSPS) is 19.1. The summed E-state index contributed by atoms with van der Waals surface area (Å²) in [6.07, 6.45) is 1.08. The first-order valence-corrected chi connectivity index (χ1v) is 7.18. The van der Waals surface area contributed by atoms with Crippen molar-refractivity contribution in [2.75, 3.05) is 26.5 Å². The Hall–Kier alpha value is -1.27. The van der Waals surface area contributed by atoms with E-state index in [1.165, 1.54) is 18.4 Å². The van der Waals surface area contributed by atoms with Crippen LogP contribution in [0.5, 0.6) is 11.5 Å². The van der Waals surface area contributed by atoms with E-state index in [0.29, 0.717) is 24.7 Å². The minimum Gasteiger partial charge on any atom is -0.486 e. The Morgan fingerprint density at radius 1 is 1.41 bits per heavy atom. The standard InChI is InChI=1S/C11H15NO4S/c1-12-6-8-7-15-10-4-3-9(17(2,13)14)5-11(10)16-8/h3-5,8,12H,6-7H2,1-2H3. The Balaban J connectivity index is 2.29. The van der Waals surface area contributed by atoms with Crippen LogP contribution < -0.4 is 14.8 Å². The summed E-state index contributed by atoms with van der Waals surface area (Å²) < 4.78 is 34.0. The van der Waals surface area contributed by atoms with Crippen LogP contribution in [-0.2, 0) is 9.84 Å². The van der Waals surface area contributed by atoms with Gasteiger partial charge in [-0.2, -0.15) is 0 Å². The molecule has 0 radical (unpaired) electrons. The summed E-state index contributed by atoms with van der Waals surface area (Å²) in [5, 5.41) is 2.99. The van der Waals surface area contributed by atoms with Gasteiger partial charge in [0.25, 0.3) is 0 Å². The summed E-state index contributed by atoms with van der Waals surface area (Å²) in [6.45, 7) is 1.12. The Kier molecular flexibility index (Phi) is 3.26. The lowest BCUT2D eigenvalue weighted by molar-refractivity contribution is 0.0915. The molecule has 6 heteroatoms. The molecule has 1 aromatic carbocycles. The SMILES string of the molecule is CNCC1COc2ccc(S(C)(=O)=O)cc2O1. The Labute approximate surface area is 101 Å². The molecular formula is C11H15NO4S. The second-order valence-electron chi connectivity index (χ2n) is 3.99. The molecule has 17 heavy (non-hydrogen) atoms. The molecule has 94 valence electrons.